The van der Waals surface area contributed by atoms with E-state index in [1.165, 1.54) is 31.9 Å². The van der Waals surface area contributed by atoms with Crippen LogP contribution in [0, 0.1) is 24.7 Å². The van der Waals surface area contributed by atoms with Crippen LogP contribution >= 0.6 is 11.3 Å². The van der Waals surface area contributed by atoms with E-state index in [-0.39, 0.29) is 41.8 Å². The zero-order valence-corrected chi connectivity index (χ0v) is 43.9. The molecule has 3 unspecified atom stereocenters. The van der Waals surface area contributed by atoms with Crippen molar-refractivity contribution in [3.05, 3.63) is 87.9 Å². The van der Waals surface area contributed by atoms with Gasteiger partial charge < -0.3 is 44.4 Å². The van der Waals surface area contributed by atoms with Crippen molar-refractivity contribution in [3.8, 4) is 39.5 Å². The summed E-state index contributed by atoms with van der Waals surface area (Å²) in [5, 5.41) is 6.75. The summed E-state index contributed by atoms with van der Waals surface area (Å²) in [7, 11) is 2.63. The lowest BCUT2D eigenvalue weighted by Crippen LogP contribution is -2.55. The number of thiophene rings is 1. The van der Waals surface area contributed by atoms with E-state index in [1.54, 1.807) is 0 Å². The normalized spacial score (nSPS) is 24.4. The summed E-state index contributed by atoms with van der Waals surface area (Å²) in [6, 6.07) is 15.9. The Morgan fingerprint density at radius 3 is 2.46 bits per heavy atom. The maximum absolute atomic E-state index is 14.7. The molecule has 5 fully saturated rings. The lowest BCUT2D eigenvalue weighted by atomic mass is 9.82. The van der Waals surface area contributed by atoms with Gasteiger partial charge in [-0.1, -0.05) is 13.8 Å². The van der Waals surface area contributed by atoms with Gasteiger partial charge in [-0.15, -0.1) is 11.3 Å². The fourth-order valence-corrected chi connectivity index (χ4v) is 13.7. The average Bonchev–Trinajstić information content (AvgIpc) is 3.85. The predicted octanol–water partition coefficient (Wildman–Crippen LogP) is 9.33. The fraction of sp³-hybridized carbons (Fsp3) is 0.500. The summed E-state index contributed by atoms with van der Waals surface area (Å²) in [5.74, 6) is 2.94. The van der Waals surface area contributed by atoms with Gasteiger partial charge in [0.05, 0.1) is 53.8 Å². The topological polar surface area (TPSA) is 199 Å². The number of hydrogen-bond donors (Lipinski definition) is 4. The minimum atomic E-state index is -0.722. The second-order valence-corrected chi connectivity index (χ2v) is 23.5. The van der Waals surface area contributed by atoms with Crippen LogP contribution in [0.4, 0.5) is 9.59 Å². The minimum Gasteiger partial charge on any atom is -0.464 e. The number of carbonyl (C=O) groups excluding carboxylic acids is 4. The summed E-state index contributed by atoms with van der Waals surface area (Å²) >= 11 is 1.83. The summed E-state index contributed by atoms with van der Waals surface area (Å²) < 4.78 is 25.4. The van der Waals surface area contributed by atoms with Gasteiger partial charge in [-0.3, -0.25) is 14.2 Å². The number of nitrogens with zero attached hydrogens (tertiary/aromatic N) is 4. The summed E-state index contributed by atoms with van der Waals surface area (Å²) in [6.45, 7) is 11.1. The van der Waals surface area contributed by atoms with Crippen molar-refractivity contribution in [2.24, 2.45) is 17.8 Å². The molecule has 3 saturated heterocycles. The van der Waals surface area contributed by atoms with E-state index in [2.05, 4.69) is 85.6 Å². The van der Waals surface area contributed by atoms with Gasteiger partial charge in [0.15, 0.2) is 5.69 Å². The number of methoxy groups -OCH3 is 2. The Morgan fingerprint density at radius 1 is 0.892 bits per heavy atom. The van der Waals surface area contributed by atoms with E-state index in [0.717, 1.165) is 92.4 Å². The Kier molecular flexibility index (Phi) is 12.1. The summed E-state index contributed by atoms with van der Waals surface area (Å²) in [6.07, 6.45) is 9.34. The number of alkyl carbamates (subject to hydrolysis) is 2. The molecule has 8 atom stereocenters. The number of aromatic nitrogens is 5. The number of rotatable bonds is 12. The van der Waals surface area contributed by atoms with Crippen LogP contribution in [0.3, 0.4) is 0 Å². The van der Waals surface area contributed by atoms with Crippen molar-refractivity contribution >= 4 is 46.2 Å². The monoisotopic (exact) mass is 1020 g/mol. The third-order valence-corrected chi connectivity index (χ3v) is 17.7. The summed E-state index contributed by atoms with van der Waals surface area (Å²) in [5.41, 5.74) is 7.48. The van der Waals surface area contributed by atoms with Gasteiger partial charge in [-0.05, 0) is 150 Å². The van der Waals surface area contributed by atoms with Crippen LogP contribution in [0.5, 0.6) is 5.75 Å². The van der Waals surface area contributed by atoms with Gasteiger partial charge in [0.1, 0.15) is 35.9 Å². The molecule has 2 aromatic carbocycles. The Balaban J connectivity index is 0.849. The molecule has 12 rings (SSSR count). The predicted molar refractivity (Wildman–Crippen MR) is 277 cm³/mol. The molecule has 17 nitrogen and oxygen atoms in total. The summed E-state index contributed by atoms with van der Waals surface area (Å²) in [4.78, 5) is 75.6. The van der Waals surface area contributed by atoms with E-state index < -0.39 is 36.1 Å². The zero-order valence-electron chi connectivity index (χ0n) is 43.1. The highest BCUT2D eigenvalue weighted by Gasteiger charge is 2.58. The quantitative estimate of drug-likeness (QED) is 0.0923. The fourth-order valence-electron chi connectivity index (χ4n) is 12.5. The molecular weight excluding hydrogens is 959 g/mol. The highest BCUT2D eigenvalue weighted by molar-refractivity contribution is 7.12. The van der Waals surface area contributed by atoms with Crippen molar-refractivity contribution in [1.82, 2.24) is 40.0 Å². The van der Waals surface area contributed by atoms with Crippen LogP contribution in [-0.4, -0.2) is 104 Å². The number of aryl methyl sites for hydroxylation is 1. The first-order valence-corrected chi connectivity index (χ1v) is 27.2. The molecule has 6 aliphatic rings. The smallest absolute Gasteiger partial charge is 0.407 e. The molecule has 8 heterocycles. The standard InChI is InChI=1S/C56H65N9O8S/c1-28(2)47(61-54(68)70-6)51(66)63-17-8-9-39(63)49-57-27-37(60-49)33-19-29(3)46-41-22-34-20-31(12-13-38(34)65(41)53(73-43(46)24-33)45-15-14-44(74-45)30-10-11-30)36-26-58-50(59-36)42-23-35-21-40(35)64(42)52(67)48(62-55(69)71-7)32-16-18-72-56(4,5)25-32/h12-15,19-20,22,24,26-28,30,32,35,39-40,42,47-48,53H,8-11,16-18,21,23,25H2,1-7H3,(H,57,60)(H,58,59)(H,61,68)(H,62,69)/p+1/t32?,35-,39+,40-,42+,47+,48?,53?/m1/s1. The van der Waals surface area contributed by atoms with Crippen LogP contribution in [0.15, 0.2) is 60.9 Å². The molecule has 18 heteroatoms. The number of fused-ring (bicyclic) bond motifs is 6. The maximum Gasteiger partial charge on any atom is 0.407 e. The van der Waals surface area contributed by atoms with Gasteiger partial charge in [0, 0.05) is 46.1 Å². The number of piperidine rings is 1. The van der Waals surface area contributed by atoms with E-state index in [9.17, 15) is 19.2 Å². The third-order valence-electron chi connectivity index (χ3n) is 16.5. The lowest BCUT2D eigenvalue weighted by Gasteiger charge is -2.40. The molecule has 2 saturated carbocycles. The Bertz CT molecular complexity index is 3180. The minimum absolute atomic E-state index is 0.0707. The van der Waals surface area contributed by atoms with E-state index in [4.69, 9.17) is 23.9 Å². The molecule has 4 amide bonds. The number of ether oxygens (including phenoxy) is 4. The van der Waals surface area contributed by atoms with Crippen molar-refractivity contribution in [1.29, 1.82) is 0 Å². The molecule has 74 heavy (non-hydrogen) atoms. The molecular formula is C56H66N9O8S+. The third kappa shape index (κ3) is 8.70. The molecule has 388 valence electrons. The first-order chi connectivity index (χ1) is 35.7. The number of aromatic amines is 3. The van der Waals surface area contributed by atoms with Crippen LogP contribution in [0.2, 0.25) is 0 Å². The highest BCUT2D eigenvalue weighted by atomic mass is 32.1. The molecule has 4 aromatic heterocycles. The Hall–Kier alpha value is -6.66. The molecule has 0 bridgehead atoms. The molecule has 0 radical (unpaired) electrons. The number of imidazole rings is 2. The largest absolute Gasteiger partial charge is 0.464 e. The first kappa shape index (κ1) is 48.3. The van der Waals surface area contributed by atoms with Gasteiger partial charge in [0.25, 0.3) is 5.82 Å². The van der Waals surface area contributed by atoms with Gasteiger partial charge >= 0.3 is 12.2 Å². The van der Waals surface area contributed by atoms with Gasteiger partial charge in [-0.25, -0.2) is 24.5 Å². The second-order valence-electron chi connectivity index (χ2n) is 22.3. The zero-order chi connectivity index (χ0) is 51.3. The number of hydrogen-bond acceptors (Lipinski definition) is 10. The van der Waals surface area contributed by atoms with Crippen LogP contribution in [0.1, 0.15) is 130 Å². The molecule has 4 aliphatic heterocycles. The van der Waals surface area contributed by atoms with E-state index in [0.29, 0.717) is 43.7 Å². The molecule has 6 aromatic rings. The van der Waals surface area contributed by atoms with Crippen molar-refractivity contribution in [2.45, 2.75) is 134 Å². The average molecular weight is 1030 g/mol. The first-order valence-electron chi connectivity index (χ1n) is 26.3. The number of benzene rings is 2. The SMILES string of the molecule is COC(=O)NC(C(=O)N1[C@@H]2C[C@@H]2C[C@H]1c1[nH]c(-c2ccc3c(c2)cc2n3C(c3ccc(C4CC4)s3)Oc3cc(-c4cnc([C@@H]5CCCN5C(=O)[C@@H](NC(=O)OC)C(C)C)[nH]4)cc(C)c3-2)c[nH+]1)C1CCOC(C)(C)C1. The van der Waals surface area contributed by atoms with E-state index >= 15 is 0 Å². The Morgan fingerprint density at radius 2 is 1.69 bits per heavy atom. The number of nitrogens with one attached hydrogen (secondary N) is 5. The maximum atomic E-state index is 14.7. The molecule has 5 N–H and O–H groups in total. The van der Waals surface area contributed by atoms with E-state index in [1.807, 2.05) is 61.2 Å². The highest BCUT2D eigenvalue weighted by Crippen LogP contribution is 2.54. The van der Waals surface area contributed by atoms with Gasteiger partial charge in [-0.2, -0.15) is 0 Å². The number of carbonyl (C=O) groups is 4. The van der Waals surface area contributed by atoms with Crippen LogP contribution < -0.4 is 20.4 Å². The van der Waals surface area contributed by atoms with Crippen molar-refractivity contribution in [3.63, 3.8) is 0 Å². The molecule has 2 aliphatic carbocycles. The van der Waals surface area contributed by atoms with Gasteiger partial charge in [0.2, 0.25) is 18.0 Å². The van der Waals surface area contributed by atoms with Crippen LogP contribution in [0.25, 0.3) is 44.7 Å². The number of H-pyrrole nitrogens is 3. The number of likely N-dealkylation sites (tertiary alicyclic amines) is 2. The van der Waals surface area contributed by atoms with Crippen molar-refractivity contribution < 1.29 is 43.1 Å². The van der Waals surface area contributed by atoms with Crippen molar-refractivity contribution in [2.75, 3.05) is 27.4 Å². The lowest BCUT2D eigenvalue weighted by molar-refractivity contribution is -0.393. The second kappa shape index (κ2) is 18.6. The molecule has 0 spiro atoms. The Labute approximate surface area is 434 Å². The van der Waals surface area contributed by atoms with Crippen LogP contribution in [-0.2, 0) is 23.8 Å². The number of amides is 4.